The zero-order valence-corrected chi connectivity index (χ0v) is 37.9. The van der Waals surface area contributed by atoms with Gasteiger partial charge >= 0.3 is 11.7 Å². The summed E-state index contributed by atoms with van der Waals surface area (Å²) in [7, 11) is 1.83. The largest absolute Gasteiger partial charge is 0.508 e. The summed E-state index contributed by atoms with van der Waals surface area (Å²) in [5.74, 6) is -0.190. The van der Waals surface area contributed by atoms with Crippen LogP contribution in [0.4, 0.5) is 0 Å². The van der Waals surface area contributed by atoms with Crippen LogP contribution in [0.15, 0.2) is 70.3 Å². The van der Waals surface area contributed by atoms with Crippen molar-refractivity contribution >= 4 is 16.9 Å². The van der Waals surface area contributed by atoms with Crippen LogP contribution in [0.1, 0.15) is 79.8 Å². The summed E-state index contributed by atoms with van der Waals surface area (Å²) >= 11 is 0. The second-order valence-electron chi connectivity index (χ2n) is 17.9. The molecular formula is C49H56N8O9. The molecule has 5 N–H and O–H groups in total. The SMILES string of the molecule is CCc1c2c(nc3ccc(OC(O)N(C)CCCN4CCN(Cc5ccc(-n6c(-c7cc(C(C)C)c(O)cc7O)n[nH]c6=O)cc5)CC4)cc13)-c1cc3c(c(=O)n1C2)COC(=O)[C@]3(O)CC. The number of aromatic nitrogens is 5. The Morgan fingerprint density at radius 3 is 2.39 bits per heavy atom. The number of aryl methyl sites for hydroxylation is 1. The predicted octanol–water partition coefficient (Wildman–Crippen LogP) is 4.51. The number of carbonyl (C=O) groups excluding carboxylic acids is 1. The van der Waals surface area contributed by atoms with Crippen molar-refractivity contribution in [3.63, 3.8) is 0 Å². The van der Waals surface area contributed by atoms with E-state index in [0.717, 1.165) is 67.8 Å². The van der Waals surface area contributed by atoms with Gasteiger partial charge in [-0.2, -0.15) is 5.10 Å². The summed E-state index contributed by atoms with van der Waals surface area (Å²) in [6, 6.07) is 17.9. The number of aliphatic hydroxyl groups excluding tert-OH is 1. The van der Waals surface area contributed by atoms with Gasteiger partial charge in [-0.3, -0.25) is 9.69 Å². The highest BCUT2D eigenvalue weighted by Gasteiger charge is 2.45. The molecule has 6 aromatic rings. The molecule has 6 heterocycles. The molecule has 9 rings (SSSR count). The van der Waals surface area contributed by atoms with Crippen molar-refractivity contribution in [3.8, 4) is 45.7 Å². The van der Waals surface area contributed by atoms with Gasteiger partial charge in [0.15, 0.2) is 11.4 Å². The normalized spacial score (nSPS) is 17.9. The Morgan fingerprint density at radius 2 is 1.68 bits per heavy atom. The standard InChI is InChI=1S/C49H56N8O9/c1-6-32-34-21-31(13-14-39(34)50-43-36(32)26-56-40(43)23-38-37(45(56)60)27-65-46(61)49(38,64)7-2)66-48(63)53(5)15-8-16-54-17-19-55(20-18-54)25-29-9-11-30(12-10-29)57-44(51-52-47(57)62)35-22-33(28(3)4)41(58)24-42(35)59/h9-14,21-24,28,48,58-59,63-64H,6-8,15-20,25-27H2,1-5H3,(H,52,62)/t48?,49-/m0/s1. The number of ether oxygens (including phenoxy) is 2. The summed E-state index contributed by atoms with van der Waals surface area (Å²) in [5.41, 5.74) is 4.46. The number of hydrogen-bond acceptors (Lipinski definition) is 14. The average Bonchev–Trinajstić information content (AvgIpc) is 3.87. The average molecular weight is 901 g/mol. The third-order valence-electron chi connectivity index (χ3n) is 13.5. The van der Waals surface area contributed by atoms with E-state index in [0.29, 0.717) is 59.0 Å². The van der Waals surface area contributed by atoms with Crippen molar-refractivity contribution in [2.45, 2.75) is 84.6 Å². The molecule has 346 valence electrons. The van der Waals surface area contributed by atoms with E-state index in [4.69, 9.17) is 14.5 Å². The molecule has 2 atom stereocenters. The van der Waals surface area contributed by atoms with E-state index in [1.165, 1.54) is 10.6 Å². The number of fused-ring (bicyclic) bond motifs is 5. The van der Waals surface area contributed by atoms with E-state index in [2.05, 4.69) is 20.0 Å². The number of nitrogens with zero attached hydrogens (tertiary/aromatic N) is 7. The first-order valence-electron chi connectivity index (χ1n) is 22.6. The van der Waals surface area contributed by atoms with E-state index in [1.54, 1.807) is 34.6 Å². The van der Waals surface area contributed by atoms with Crippen LogP contribution in [0, 0.1) is 0 Å². The number of piperazine rings is 1. The molecule has 66 heavy (non-hydrogen) atoms. The highest BCUT2D eigenvalue weighted by molar-refractivity contribution is 5.90. The lowest BCUT2D eigenvalue weighted by molar-refractivity contribution is -0.172. The molecular weight excluding hydrogens is 845 g/mol. The number of pyridine rings is 2. The highest BCUT2D eigenvalue weighted by Crippen LogP contribution is 2.41. The van der Waals surface area contributed by atoms with Crippen molar-refractivity contribution in [2.75, 3.05) is 46.3 Å². The van der Waals surface area contributed by atoms with Crippen LogP contribution < -0.4 is 16.0 Å². The van der Waals surface area contributed by atoms with Crippen LogP contribution in [-0.4, -0.2) is 118 Å². The van der Waals surface area contributed by atoms with Gasteiger partial charge in [0.1, 0.15) is 23.9 Å². The molecule has 3 aliphatic heterocycles. The first-order valence-corrected chi connectivity index (χ1v) is 22.6. The van der Waals surface area contributed by atoms with E-state index in [9.17, 15) is 34.8 Å². The van der Waals surface area contributed by atoms with Gasteiger partial charge in [-0.05, 0) is 97.9 Å². The van der Waals surface area contributed by atoms with Gasteiger partial charge in [-0.1, -0.05) is 39.8 Å². The molecule has 0 radical (unpaired) electrons. The maximum Gasteiger partial charge on any atom is 0.348 e. The third-order valence-corrected chi connectivity index (χ3v) is 13.5. The number of aliphatic hydroxyl groups is 2. The van der Waals surface area contributed by atoms with Crippen molar-refractivity contribution in [1.29, 1.82) is 0 Å². The van der Waals surface area contributed by atoms with Crippen molar-refractivity contribution in [3.05, 3.63) is 115 Å². The summed E-state index contributed by atoms with van der Waals surface area (Å²) < 4.78 is 14.3. The van der Waals surface area contributed by atoms with E-state index < -0.39 is 23.7 Å². The molecule has 0 saturated carbocycles. The van der Waals surface area contributed by atoms with Crippen molar-refractivity contribution < 1.29 is 34.7 Å². The number of phenolic OH excluding ortho intramolecular Hbond substituents is 2. The van der Waals surface area contributed by atoms with Gasteiger partial charge in [0.05, 0.1) is 40.3 Å². The van der Waals surface area contributed by atoms with Crippen LogP contribution in [0.5, 0.6) is 17.2 Å². The zero-order chi connectivity index (χ0) is 46.6. The number of nitrogens with one attached hydrogen (secondary N) is 1. The summed E-state index contributed by atoms with van der Waals surface area (Å²) in [6.07, 6.45) is 0.390. The first kappa shape index (κ1) is 44.8. The van der Waals surface area contributed by atoms with Crippen LogP contribution in [-0.2, 0) is 41.2 Å². The summed E-state index contributed by atoms with van der Waals surface area (Å²) in [4.78, 5) is 50.8. The van der Waals surface area contributed by atoms with Crippen molar-refractivity contribution in [1.82, 2.24) is 39.0 Å². The number of cyclic esters (lactones) is 1. The number of esters is 1. The van der Waals surface area contributed by atoms with Crippen LogP contribution in [0.3, 0.4) is 0 Å². The smallest absolute Gasteiger partial charge is 0.348 e. The van der Waals surface area contributed by atoms with Gasteiger partial charge < -0.3 is 39.4 Å². The maximum atomic E-state index is 13.7. The van der Waals surface area contributed by atoms with Gasteiger partial charge in [0.25, 0.3) is 12.0 Å². The molecule has 0 amide bonds. The first-order chi connectivity index (χ1) is 31.7. The Hall–Kier alpha value is -6.37. The minimum Gasteiger partial charge on any atom is -0.508 e. The van der Waals surface area contributed by atoms with Gasteiger partial charge in [0.2, 0.25) is 0 Å². The molecule has 1 saturated heterocycles. The number of rotatable bonds is 14. The molecule has 1 fully saturated rings. The molecule has 1 unspecified atom stereocenters. The Kier molecular flexibility index (Phi) is 12.1. The monoisotopic (exact) mass is 900 g/mol. The second-order valence-corrected chi connectivity index (χ2v) is 17.9. The number of carbonyl (C=O) groups is 1. The van der Waals surface area contributed by atoms with Gasteiger partial charge in [0, 0.05) is 61.8 Å². The number of aromatic hydroxyl groups is 2. The number of aromatic amines is 1. The fraction of sp³-hybridized carbons (Fsp3) is 0.408. The van der Waals surface area contributed by atoms with Crippen LogP contribution >= 0.6 is 0 Å². The van der Waals surface area contributed by atoms with E-state index >= 15 is 0 Å². The lowest BCUT2D eigenvalue weighted by Gasteiger charge is -2.35. The van der Waals surface area contributed by atoms with E-state index in [1.807, 2.05) is 64.2 Å². The Morgan fingerprint density at radius 1 is 0.939 bits per heavy atom. The predicted molar refractivity (Wildman–Crippen MR) is 247 cm³/mol. The second kappa shape index (κ2) is 17.8. The molecule has 3 aliphatic rings. The van der Waals surface area contributed by atoms with Crippen LogP contribution in [0.2, 0.25) is 0 Å². The van der Waals surface area contributed by atoms with E-state index in [-0.39, 0.29) is 53.0 Å². The number of hydrogen-bond donors (Lipinski definition) is 5. The molecule has 0 spiro atoms. The third kappa shape index (κ3) is 8.04. The number of H-pyrrole nitrogens is 1. The minimum atomic E-state index is -1.90. The number of phenols is 2. The molecule has 17 heteroatoms. The minimum absolute atomic E-state index is 0.00308. The summed E-state index contributed by atoms with van der Waals surface area (Å²) in [6.45, 7) is 13.6. The summed E-state index contributed by atoms with van der Waals surface area (Å²) in [5, 5.41) is 50.9. The Labute approximate surface area is 381 Å². The Balaban J connectivity index is 0.777. The fourth-order valence-electron chi connectivity index (χ4n) is 9.62. The van der Waals surface area contributed by atoms with Gasteiger partial charge in [-0.15, -0.1) is 0 Å². The highest BCUT2D eigenvalue weighted by atomic mass is 16.6. The molecule has 17 nitrogen and oxygen atoms in total. The van der Waals surface area contributed by atoms with Gasteiger partial charge in [-0.25, -0.2) is 29.1 Å². The zero-order valence-electron chi connectivity index (χ0n) is 37.9. The number of benzene rings is 3. The lowest BCUT2D eigenvalue weighted by Crippen LogP contribution is -2.46. The van der Waals surface area contributed by atoms with Crippen LogP contribution in [0.25, 0.3) is 39.4 Å². The topological polar surface area (TPSA) is 212 Å². The Bertz CT molecular complexity index is 2950. The quantitative estimate of drug-likeness (QED) is 0.0752. The molecule has 0 aliphatic carbocycles. The fourth-order valence-corrected chi connectivity index (χ4v) is 9.62. The molecule has 3 aromatic heterocycles. The molecule has 3 aromatic carbocycles. The maximum absolute atomic E-state index is 13.7. The van der Waals surface area contributed by atoms with Crippen molar-refractivity contribution in [2.24, 2.45) is 0 Å². The lowest BCUT2D eigenvalue weighted by atomic mass is 9.86. The molecule has 0 bridgehead atoms.